The molecule has 2 rings (SSSR count). The van der Waals surface area contributed by atoms with Crippen LogP contribution in [0.3, 0.4) is 0 Å². The van der Waals surface area contributed by atoms with Crippen LogP contribution in [0, 0.1) is 5.92 Å². The van der Waals surface area contributed by atoms with Crippen LogP contribution >= 0.6 is 35.6 Å². The van der Waals surface area contributed by atoms with Gasteiger partial charge in [-0.1, -0.05) is 18.5 Å². The Labute approximate surface area is 178 Å². The van der Waals surface area contributed by atoms with Crippen molar-refractivity contribution in [1.82, 2.24) is 10.6 Å². The third kappa shape index (κ3) is 6.66. The maximum Gasteiger partial charge on any atom is 0.191 e. The fourth-order valence-corrected chi connectivity index (χ4v) is 2.99. The van der Waals surface area contributed by atoms with Gasteiger partial charge >= 0.3 is 0 Å². The molecule has 2 unspecified atom stereocenters. The number of nitrogens with one attached hydrogen (secondary N) is 2. The molecular formula is C18H30ClIN4O2. The van der Waals surface area contributed by atoms with E-state index < -0.39 is 0 Å². The summed E-state index contributed by atoms with van der Waals surface area (Å²) in [6.45, 7) is 7.37. The molecule has 1 aliphatic rings. The van der Waals surface area contributed by atoms with Crippen LogP contribution in [0.4, 0.5) is 5.69 Å². The lowest BCUT2D eigenvalue weighted by atomic mass is 10.2. The highest BCUT2D eigenvalue weighted by Crippen LogP contribution is 2.33. The number of anilines is 1. The van der Waals surface area contributed by atoms with Crippen molar-refractivity contribution in [2.45, 2.75) is 26.3 Å². The third-order valence-electron chi connectivity index (χ3n) is 4.23. The minimum Gasteiger partial charge on any atom is -0.495 e. The molecule has 0 radical (unpaired) electrons. The summed E-state index contributed by atoms with van der Waals surface area (Å²) in [5, 5.41) is 16.6. The molecule has 1 heterocycles. The van der Waals surface area contributed by atoms with Gasteiger partial charge in [-0.15, -0.1) is 24.0 Å². The van der Waals surface area contributed by atoms with E-state index in [2.05, 4.69) is 20.5 Å². The van der Waals surface area contributed by atoms with E-state index in [0.717, 1.165) is 43.5 Å². The number of methoxy groups -OCH3 is 1. The van der Waals surface area contributed by atoms with E-state index in [1.54, 1.807) is 7.11 Å². The highest BCUT2D eigenvalue weighted by molar-refractivity contribution is 14.0. The number of ether oxygens (including phenoxy) is 1. The van der Waals surface area contributed by atoms with Crippen molar-refractivity contribution in [1.29, 1.82) is 0 Å². The number of aliphatic hydroxyl groups is 1. The summed E-state index contributed by atoms with van der Waals surface area (Å²) in [4.78, 5) is 6.84. The van der Waals surface area contributed by atoms with Gasteiger partial charge in [0, 0.05) is 43.9 Å². The van der Waals surface area contributed by atoms with Crippen LogP contribution in [-0.2, 0) is 0 Å². The van der Waals surface area contributed by atoms with Crippen molar-refractivity contribution in [2.75, 3.05) is 44.8 Å². The second-order valence-electron chi connectivity index (χ2n) is 6.40. The fraction of sp³-hybridized carbons (Fsp3) is 0.611. The number of hydrogen-bond acceptors (Lipinski definition) is 4. The molecule has 0 saturated carbocycles. The number of guanidine groups is 1. The Balaban J connectivity index is 0.00000338. The van der Waals surface area contributed by atoms with Crippen molar-refractivity contribution in [3.63, 3.8) is 0 Å². The predicted octanol–water partition coefficient (Wildman–Crippen LogP) is 2.73. The van der Waals surface area contributed by atoms with Crippen LogP contribution in [0.1, 0.15) is 20.3 Å². The van der Waals surface area contributed by atoms with Crippen LogP contribution in [-0.4, -0.2) is 57.0 Å². The van der Waals surface area contributed by atoms with Crippen LogP contribution < -0.4 is 20.3 Å². The fourth-order valence-electron chi connectivity index (χ4n) is 2.83. The van der Waals surface area contributed by atoms with E-state index >= 15 is 0 Å². The lowest BCUT2D eigenvalue weighted by molar-refractivity contribution is 0.241. The normalized spacial score (nSPS) is 18.3. The Hall–Kier alpha value is -0.930. The number of nitrogens with zero attached hydrogens (tertiary/aromatic N) is 2. The van der Waals surface area contributed by atoms with Crippen LogP contribution in [0.5, 0.6) is 5.75 Å². The average molecular weight is 497 g/mol. The zero-order valence-corrected chi connectivity index (χ0v) is 18.8. The van der Waals surface area contributed by atoms with Crippen LogP contribution in [0.25, 0.3) is 0 Å². The summed E-state index contributed by atoms with van der Waals surface area (Å²) < 4.78 is 5.46. The molecular weight excluding hydrogens is 467 g/mol. The summed E-state index contributed by atoms with van der Waals surface area (Å²) >= 11 is 6.15. The molecule has 148 valence electrons. The van der Waals surface area contributed by atoms with Gasteiger partial charge in [-0.3, -0.25) is 4.99 Å². The van der Waals surface area contributed by atoms with E-state index in [9.17, 15) is 0 Å². The van der Waals surface area contributed by atoms with Gasteiger partial charge in [0.15, 0.2) is 5.96 Å². The van der Waals surface area contributed by atoms with Crippen molar-refractivity contribution >= 4 is 47.2 Å². The standard InChI is InChI=1S/C18H29ClN4O2.HI/c1-4-20-18(21-10-13(2)12-24)22-15-7-8-23(11-15)16-9-14(19)5-6-17(16)25-3;/h5-6,9,13,15,24H,4,7-8,10-12H2,1-3H3,(H2,20,21,22);1H. The average Bonchev–Trinajstić information content (AvgIpc) is 3.07. The number of rotatable bonds is 7. The number of aliphatic imine (C=N–C) groups is 1. The zero-order valence-electron chi connectivity index (χ0n) is 15.7. The smallest absolute Gasteiger partial charge is 0.191 e. The maximum absolute atomic E-state index is 9.15. The van der Waals surface area contributed by atoms with E-state index in [1.807, 2.05) is 32.0 Å². The number of aliphatic hydroxyl groups excluding tert-OH is 1. The van der Waals surface area contributed by atoms with Crippen LogP contribution in [0.2, 0.25) is 5.02 Å². The summed E-state index contributed by atoms with van der Waals surface area (Å²) in [5.74, 6) is 1.79. The van der Waals surface area contributed by atoms with E-state index in [0.29, 0.717) is 17.6 Å². The molecule has 0 spiro atoms. The molecule has 1 aromatic carbocycles. The molecule has 0 amide bonds. The van der Waals surface area contributed by atoms with Crippen molar-refractivity contribution in [3.05, 3.63) is 23.2 Å². The molecule has 0 aromatic heterocycles. The molecule has 1 aliphatic heterocycles. The topological polar surface area (TPSA) is 69.1 Å². The summed E-state index contributed by atoms with van der Waals surface area (Å²) in [6, 6.07) is 5.99. The third-order valence-corrected chi connectivity index (χ3v) is 4.46. The number of halogens is 2. The SMILES string of the molecule is CCNC(=NCC(C)CO)NC1CCN(c2cc(Cl)ccc2OC)C1.I. The Morgan fingerprint density at radius 3 is 2.92 bits per heavy atom. The van der Waals surface area contributed by atoms with Crippen molar-refractivity contribution < 1.29 is 9.84 Å². The summed E-state index contributed by atoms with van der Waals surface area (Å²) in [5.41, 5.74) is 1.02. The van der Waals surface area contributed by atoms with E-state index in [-0.39, 0.29) is 36.5 Å². The summed E-state index contributed by atoms with van der Waals surface area (Å²) in [7, 11) is 1.68. The van der Waals surface area contributed by atoms with E-state index in [1.165, 1.54) is 0 Å². The predicted molar refractivity (Wildman–Crippen MR) is 119 cm³/mol. The van der Waals surface area contributed by atoms with E-state index in [4.69, 9.17) is 21.4 Å². The molecule has 1 saturated heterocycles. The first-order chi connectivity index (χ1) is 12.1. The zero-order chi connectivity index (χ0) is 18.2. The number of hydrogen-bond donors (Lipinski definition) is 3. The lowest BCUT2D eigenvalue weighted by Crippen LogP contribution is -2.44. The second-order valence-corrected chi connectivity index (χ2v) is 6.84. The molecule has 3 N–H and O–H groups in total. The Morgan fingerprint density at radius 1 is 1.50 bits per heavy atom. The van der Waals surface area contributed by atoms with Gasteiger partial charge in [-0.05, 0) is 37.5 Å². The van der Waals surface area contributed by atoms with Crippen molar-refractivity contribution in [2.24, 2.45) is 10.9 Å². The Bertz CT molecular complexity index is 588. The van der Waals surface area contributed by atoms with Gasteiger partial charge in [-0.25, -0.2) is 0 Å². The van der Waals surface area contributed by atoms with Gasteiger partial charge in [0.05, 0.1) is 12.8 Å². The van der Waals surface area contributed by atoms with Gasteiger partial charge in [0.1, 0.15) is 5.75 Å². The van der Waals surface area contributed by atoms with Gasteiger partial charge in [0.2, 0.25) is 0 Å². The van der Waals surface area contributed by atoms with Crippen molar-refractivity contribution in [3.8, 4) is 5.75 Å². The van der Waals surface area contributed by atoms with Gasteiger partial charge in [0.25, 0.3) is 0 Å². The Morgan fingerprint density at radius 2 is 2.27 bits per heavy atom. The first kappa shape index (κ1) is 23.1. The highest BCUT2D eigenvalue weighted by atomic mass is 127. The van der Waals surface area contributed by atoms with Gasteiger partial charge in [-0.2, -0.15) is 0 Å². The largest absolute Gasteiger partial charge is 0.495 e. The van der Waals surface area contributed by atoms with Gasteiger partial charge < -0.3 is 25.4 Å². The molecule has 0 aliphatic carbocycles. The second kappa shape index (κ2) is 11.7. The molecule has 1 fully saturated rings. The Kier molecular flexibility index (Phi) is 10.4. The monoisotopic (exact) mass is 496 g/mol. The maximum atomic E-state index is 9.15. The number of benzene rings is 1. The molecule has 2 atom stereocenters. The molecule has 8 heteroatoms. The molecule has 6 nitrogen and oxygen atoms in total. The minimum absolute atomic E-state index is 0. The quantitative estimate of drug-likeness (QED) is 0.308. The first-order valence-electron chi connectivity index (χ1n) is 8.81. The summed E-state index contributed by atoms with van der Waals surface area (Å²) in [6.07, 6.45) is 1.01. The minimum atomic E-state index is 0. The van der Waals surface area contributed by atoms with Crippen LogP contribution in [0.15, 0.2) is 23.2 Å². The highest BCUT2D eigenvalue weighted by Gasteiger charge is 2.25. The molecule has 1 aromatic rings. The lowest BCUT2D eigenvalue weighted by Gasteiger charge is -2.22. The first-order valence-corrected chi connectivity index (χ1v) is 9.19. The molecule has 26 heavy (non-hydrogen) atoms. The molecule has 0 bridgehead atoms.